The van der Waals surface area contributed by atoms with E-state index in [1.165, 1.54) is 12.4 Å². The SMILES string of the molecule is O=C(NCc1ccc(-n2ccnc2)c(F)c1)c1[nH]c2ccccc2c1Cl. The van der Waals surface area contributed by atoms with Gasteiger partial charge >= 0.3 is 0 Å². The van der Waals surface area contributed by atoms with E-state index in [1.54, 1.807) is 29.1 Å². The van der Waals surface area contributed by atoms with Gasteiger partial charge < -0.3 is 14.9 Å². The number of carbonyl (C=O) groups excluding carboxylic acids is 1. The van der Waals surface area contributed by atoms with Crippen LogP contribution in [-0.2, 0) is 6.54 Å². The summed E-state index contributed by atoms with van der Waals surface area (Å²) in [5.74, 6) is -0.733. The Balaban J connectivity index is 1.50. The minimum Gasteiger partial charge on any atom is -0.349 e. The number of aromatic nitrogens is 3. The number of imidazole rings is 1. The van der Waals surface area contributed by atoms with E-state index < -0.39 is 5.82 Å². The van der Waals surface area contributed by atoms with Crippen LogP contribution in [0.25, 0.3) is 16.6 Å². The fourth-order valence-electron chi connectivity index (χ4n) is 2.81. The quantitative estimate of drug-likeness (QED) is 0.570. The van der Waals surface area contributed by atoms with Crippen LogP contribution in [0.5, 0.6) is 0 Å². The van der Waals surface area contributed by atoms with Crippen LogP contribution in [0.4, 0.5) is 4.39 Å². The van der Waals surface area contributed by atoms with Crippen LogP contribution < -0.4 is 5.32 Å². The number of amides is 1. The number of hydrogen-bond acceptors (Lipinski definition) is 2. The van der Waals surface area contributed by atoms with Gasteiger partial charge in [0.1, 0.15) is 11.5 Å². The number of carbonyl (C=O) groups is 1. The highest BCUT2D eigenvalue weighted by Gasteiger charge is 2.16. The summed E-state index contributed by atoms with van der Waals surface area (Å²) in [7, 11) is 0. The minimum absolute atomic E-state index is 0.186. The molecular formula is C19H14ClFN4O. The molecule has 0 atom stereocenters. The Labute approximate surface area is 153 Å². The van der Waals surface area contributed by atoms with Gasteiger partial charge in [-0.15, -0.1) is 0 Å². The van der Waals surface area contributed by atoms with Gasteiger partial charge in [0.2, 0.25) is 0 Å². The maximum atomic E-state index is 14.3. The zero-order valence-corrected chi connectivity index (χ0v) is 14.3. The molecule has 0 bridgehead atoms. The summed E-state index contributed by atoms with van der Waals surface area (Å²) in [6.07, 6.45) is 4.77. The molecule has 5 nitrogen and oxygen atoms in total. The van der Waals surface area contributed by atoms with Crippen molar-refractivity contribution in [1.29, 1.82) is 0 Å². The second-order valence-electron chi connectivity index (χ2n) is 5.80. The number of halogens is 2. The van der Waals surface area contributed by atoms with E-state index in [1.807, 2.05) is 24.3 Å². The van der Waals surface area contributed by atoms with E-state index in [9.17, 15) is 9.18 Å². The molecule has 0 saturated heterocycles. The van der Waals surface area contributed by atoms with E-state index in [-0.39, 0.29) is 12.5 Å². The lowest BCUT2D eigenvalue weighted by atomic mass is 10.2. The number of aromatic amines is 1. The Kier molecular flexibility index (Phi) is 4.18. The fourth-order valence-corrected chi connectivity index (χ4v) is 3.10. The van der Waals surface area contributed by atoms with Crippen molar-refractivity contribution in [3.05, 3.63) is 83.3 Å². The molecule has 0 unspecified atom stereocenters. The molecule has 0 radical (unpaired) electrons. The predicted molar refractivity (Wildman–Crippen MR) is 98.0 cm³/mol. The van der Waals surface area contributed by atoms with Crippen LogP contribution in [0.2, 0.25) is 5.02 Å². The Hall–Kier alpha value is -3.12. The van der Waals surface area contributed by atoms with E-state index >= 15 is 0 Å². The van der Waals surface area contributed by atoms with Crippen LogP contribution in [0, 0.1) is 5.82 Å². The van der Waals surface area contributed by atoms with Crippen LogP contribution in [-0.4, -0.2) is 20.4 Å². The van der Waals surface area contributed by atoms with Crippen molar-refractivity contribution in [2.24, 2.45) is 0 Å². The summed E-state index contributed by atoms with van der Waals surface area (Å²) in [6.45, 7) is 0.186. The monoisotopic (exact) mass is 368 g/mol. The summed E-state index contributed by atoms with van der Waals surface area (Å²) >= 11 is 6.28. The molecular weight excluding hydrogens is 355 g/mol. The maximum absolute atomic E-state index is 14.3. The molecule has 0 aliphatic heterocycles. The van der Waals surface area contributed by atoms with Crippen molar-refractivity contribution in [3.63, 3.8) is 0 Å². The molecule has 2 N–H and O–H groups in total. The Bertz CT molecular complexity index is 1090. The highest BCUT2D eigenvalue weighted by molar-refractivity contribution is 6.38. The largest absolute Gasteiger partial charge is 0.349 e. The van der Waals surface area contributed by atoms with Crippen LogP contribution >= 0.6 is 11.6 Å². The molecule has 4 rings (SSSR count). The lowest BCUT2D eigenvalue weighted by Gasteiger charge is -2.08. The topological polar surface area (TPSA) is 62.7 Å². The first-order valence-electron chi connectivity index (χ1n) is 7.94. The second kappa shape index (κ2) is 6.65. The first-order chi connectivity index (χ1) is 12.6. The third-order valence-electron chi connectivity index (χ3n) is 4.12. The number of rotatable bonds is 4. The van der Waals surface area contributed by atoms with Crippen LogP contribution in [0.1, 0.15) is 16.1 Å². The summed E-state index contributed by atoms with van der Waals surface area (Å²) < 4.78 is 15.9. The van der Waals surface area contributed by atoms with Gasteiger partial charge in [0.05, 0.1) is 17.0 Å². The van der Waals surface area contributed by atoms with Crippen molar-refractivity contribution in [2.45, 2.75) is 6.54 Å². The van der Waals surface area contributed by atoms with Gasteiger partial charge in [0.25, 0.3) is 5.91 Å². The number of H-pyrrole nitrogens is 1. The van der Waals surface area contributed by atoms with E-state index in [0.717, 1.165) is 10.9 Å². The predicted octanol–water partition coefficient (Wildman–Crippen LogP) is 4.08. The van der Waals surface area contributed by atoms with Gasteiger partial charge in [-0.2, -0.15) is 0 Å². The Morgan fingerprint density at radius 3 is 2.85 bits per heavy atom. The molecule has 2 aromatic heterocycles. The summed E-state index contributed by atoms with van der Waals surface area (Å²) in [5.41, 5.74) is 2.13. The molecule has 0 aliphatic rings. The van der Waals surface area contributed by atoms with E-state index in [2.05, 4.69) is 15.3 Å². The third-order valence-corrected chi connectivity index (χ3v) is 4.51. The second-order valence-corrected chi connectivity index (χ2v) is 6.18. The smallest absolute Gasteiger partial charge is 0.269 e. The van der Waals surface area contributed by atoms with Gasteiger partial charge in [-0.25, -0.2) is 9.37 Å². The van der Waals surface area contributed by atoms with Gasteiger partial charge in [-0.3, -0.25) is 4.79 Å². The Morgan fingerprint density at radius 2 is 2.12 bits per heavy atom. The number of fused-ring (bicyclic) bond motifs is 1. The fraction of sp³-hybridized carbons (Fsp3) is 0.0526. The van der Waals surface area contributed by atoms with Gasteiger partial charge in [0, 0.05) is 29.8 Å². The number of nitrogens with one attached hydrogen (secondary N) is 2. The molecule has 0 saturated carbocycles. The molecule has 1 amide bonds. The molecule has 2 heterocycles. The van der Waals surface area contributed by atoms with Crippen molar-refractivity contribution in [3.8, 4) is 5.69 Å². The molecule has 0 aliphatic carbocycles. The van der Waals surface area contributed by atoms with Crippen molar-refractivity contribution in [1.82, 2.24) is 19.9 Å². The zero-order valence-electron chi connectivity index (χ0n) is 13.5. The maximum Gasteiger partial charge on any atom is 0.269 e. The number of para-hydroxylation sites is 1. The van der Waals surface area contributed by atoms with Gasteiger partial charge in [-0.05, 0) is 23.8 Å². The molecule has 0 spiro atoms. The highest BCUT2D eigenvalue weighted by Crippen LogP contribution is 2.27. The van der Waals surface area contributed by atoms with Crippen LogP contribution in [0.15, 0.2) is 61.2 Å². The average molecular weight is 369 g/mol. The highest BCUT2D eigenvalue weighted by atomic mass is 35.5. The Morgan fingerprint density at radius 1 is 1.27 bits per heavy atom. The summed E-state index contributed by atoms with van der Waals surface area (Å²) in [4.78, 5) is 19.3. The van der Waals surface area contributed by atoms with Crippen molar-refractivity contribution in [2.75, 3.05) is 0 Å². The lowest BCUT2D eigenvalue weighted by Crippen LogP contribution is -2.23. The van der Waals surface area contributed by atoms with Gasteiger partial charge in [-0.1, -0.05) is 35.9 Å². The van der Waals surface area contributed by atoms with Crippen molar-refractivity contribution >= 4 is 28.4 Å². The summed E-state index contributed by atoms with van der Waals surface area (Å²) in [6, 6.07) is 12.2. The van der Waals surface area contributed by atoms with E-state index in [0.29, 0.717) is 22.0 Å². The molecule has 7 heteroatoms. The molecule has 130 valence electrons. The normalized spacial score (nSPS) is 11.0. The first-order valence-corrected chi connectivity index (χ1v) is 8.32. The standard InChI is InChI=1S/C19H14ClFN4O/c20-17-13-3-1-2-4-15(13)24-18(17)19(26)23-10-12-5-6-16(14(21)9-12)25-8-7-22-11-25/h1-9,11,24H,10H2,(H,23,26). The van der Waals surface area contributed by atoms with Crippen molar-refractivity contribution < 1.29 is 9.18 Å². The van der Waals surface area contributed by atoms with Gasteiger partial charge in [0.15, 0.2) is 0 Å². The first kappa shape index (κ1) is 16.4. The average Bonchev–Trinajstić information content (AvgIpc) is 3.29. The molecule has 0 fully saturated rings. The molecule has 4 aromatic rings. The molecule has 2 aromatic carbocycles. The number of nitrogens with zero attached hydrogens (tertiary/aromatic N) is 2. The number of hydrogen-bond donors (Lipinski definition) is 2. The zero-order chi connectivity index (χ0) is 18.1. The summed E-state index contributed by atoms with van der Waals surface area (Å²) in [5, 5.41) is 3.92. The number of benzene rings is 2. The third kappa shape index (κ3) is 2.95. The minimum atomic E-state index is -0.390. The lowest BCUT2D eigenvalue weighted by molar-refractivity contribution is 0.0947. The molecule has 26 heavy (non-hydrogen) atoms. The van der Waals surface area contributed by atoms with Crippen LogP contribution in [0.3, 0.4) is 0 Å². The van der Waals surface area contributed by atoms with E-state index in [4.69, 9.17) is 11.6 Å².